The molecule has 1 unspecified atom stereocenters. The molecule has 10 heteroatoms. The monoisotopic (exact) mass is 423 g/mol. The van der Waals surface area contributed by atoms with Crippen LogP contribution in [0.15, 0.2) is 43.0 Å². The van der Waals surface area contributed by atoms with E-state index < -0.39 is 24.5 Å². The van der Waals surface area contributed by atoms with Gasteiger partial charge in [0.2, 0.25) is 0 Å². The van der Waals surface area contributed by atoms with E-state index in [9.17, 15) is 15.0 Å². The Hall–Kier alpha value is -3.36. The van der Waals surface area contributed by atoms with Crippen LogP contribution in [0.25, 0.3) is 11.2 Å². The highest BCUT2D eigenvalue weighted by atomic mass is 16.6. The van der Waals surface area contributed by atoms with E-state index in [1.807, 2.05) is 6.07 Å². The molecule has 3 N–H and O–H groups in total. The summed E-state index contributed by atoms with van der Waals surface area (Å²) in [6.07, 6.45) is 5.26. The molecule has 0 radical (unpaired) electrons. The summed E-state index contributed by atoms with van der Waals surface area (Å²) in [5.41, 5.74) is 1.23. The van der Waals surface area contributed by atoms with Gasteiger partial charge in [-0.05, 0) is 12.1 Å². The van der Waals surface area contributed by atoms with Crippen LogP contribution in [-0.4, -0.2) is 67.2 Å². The molecule has 1 amide bonds. The van der Waals surface area contributed by atoms with Gasteiger partial charge in [0.1, 0.15) is 25.1 Å². The van der Waals surface area contributed by atoms with E-state index in [4.69, 9.17) is 15.9 Å². The van der Waals surface area contributed by atoms with Gasteiger partial charge in [-0.15, -0.1) is 6.42 Å². The zero-order valence-electron chi connectivity index (χ0n) is 16.5. The van der Waals surface area contributed by atoms with Gasteiger partial charge in [-0.2, -0.15) is 0 Å². The number of hydrogen-bond acceptors (Lipinski definition) is 8. The fourth-order valence-corrected chi connectivity index (χ4v) is 3.48. The van der Waals surface area contributed by atoms with Crippen LogP contribution in [0, 0.1) is 12.3 Å². The number of fused-ring (bicyclic) bond motifs is 1. The van der Waals surface area contributed by atoms with Gasteiger partial charge in [-0.1, -0.05) is 24.1 Å². The number of ether oxygens (including phenoxy) is 2. The number of aliphatic hydroxyl groups excluding tert-OH is 2. The number of anilines is 1. The molecule has 1 fully saturated rings. The molecule has 1 saturated heterocycles. The van der Waals surface area contributed by atoms with Crippen molar-refractivity contribution in [3.63, 3.8) is 0 Å². The summed E-state index contributed by atoms with van der Waals surface area (Å²) in [4.78, 5) is 25.3. The Morgan fingerprint density at radius 1 is 1.32 bits per heavy atom. The van der Waals surface area contributed by atoms with Crippen molar-refractivity contribution < 1.29 is 24.5 Å². The fourth-order valence-electron chi connectivity index (χ4n) is 3.48. The Labute approximate surface area is 177 Å². The third kappa shape index (κ3) is 4.26. The summed E-state index contributed by atoms with van der Waals surface area (Å²) in [6, 6.07) is 8.73. The van der Waals surface area contributed by atoms with Crippen LogP contribution in [0.4, 0.5) is 5.82 Å². The summed E-state index contributed by atoms with van der Waals surface area (Å²) < 4.78 is 13.2. The van der Waals surface area contributed by atoms with Gasteiger partial charge in [0, 0.05) is 12.0 Å². The highest BCUT2D eigenvalue weighted by molar-refractivity contribution is 6.06. The van der Waals surface area contributed by atoms with Crippen LogP contribution in [0.3, 0.4) is 0 Å². The number of carbonyl (C=O) groups is 1. The number of aromatic nitrogens is 4. The highest BCUT2D eigenvalue weighted by Crippen LogP contribution is 2.32. The maximum atomic E-state index is 12.5. The first-order chi connectivity index (χ1) is 15.1. The predicted octanol–water partition coefficient (Wildman–Crippen LogP) is 0.738. The molecule has 1 aliphatic rings. The van der Waals surface area contributed by atoms with Crippen LogP contribution in [0.2, 0.25) is 0 Å². The highest BCUT2D eigenvalue weighted by Gasteiger charge is 2.39. The van der Waals surface area contributed by atoms with Gasteiger partial charge in [-0.3, -0.25) is 9.36 Å². The Morgan fingerprint density at radius 3 is 2.87 bits per heavy atom. The van der Waals surface area contributed by atoms with Gasteiger partial charge >= 0.3 is 0 Å². The first-order valence-electron chi connectivity index (χ1n) is 9.65. The molecule has 160 valence electrons. The zero-order chi connectivity index (χ0) is 21.8. The van der Waals surface area contributed by atoms with Crippen LogP contribution >= 0.6 is 0 Å². The number of aliphatic hydroxyl groups is 2. The van der Waals surface area contributed by atoms with Crippen molar-refractivity contribution in [3.8, 4) is 12.3 Å². The van der Waals surface area contributed by atoms with Crippen molar-refractivity contribution in [3.05, 3.63) is 48.5 Å². The molecular formula is C21H21N5O5. The summed E-state index contributed by atoms with van der Waals surface area (Å²) >= 11 is 0. The number of rotatable bonds is 6. The topological polar surface area (TPSA) is 132 Å². The standard InChI is InChI=1S/C21H21N5O5/c1-2-8-30-15-9-14(28)16(10-27)31-21(15)26-12-24-17-18(22-11-23-19(17)26)25-20(29)13-6-4-3-5-7-13/h1,3-7,11-12,14-16,21,27-28H,8-10H2,(H,22,23,25,29)/t14?,15-,16+,21+/m0/s1. The van der Waals surface area contributed by atoms with Crippen molar-refractivity contribution in [1.82, 2.24) is 19.5 Å². The lowest BCUT2D eigenvalue weighted by Crippen LogP contribution is -2.47. The first-order valence-corrected chi connectivity index (χ1v) is 9.65. The van der Waals surface area contributed by atoms with E-state index in [-0.39, 0.29) is 31.4 Å². The molecule has 3 aromatic rings. The fraction of sp³-hybridized carbons (Fsp3) is 0.333. The van der Waals surface area contributed by atoms with Crippen molar-refractivity contribution >= 4 is 22.9 Å². The first kappa shape index (κ1) is 20.9. The van der Waals surface area contributed by atoms with Crippen molar-refractivity contribution in [2.45, 2.75) is 31.0 Å². The van der Waals surface area contributed by atoms with Crippen LogP contribution < -0.4 is 5.32 Å². The molecule has 10 nitrogen and oxygen atoms in total. The van der Waals surface area contributed by atoms with E-state index in [0.29, 0.717) is 16.7 Å². The molecule has 2 aromatic heterocycles. The average molecular weight is 423 g/mol. The second kappa shape index (κ2) is 9.20. The van der Waals surface area contributed by atoms with E-state index >= 15 is 0 Å². The summed E-state index contributed by atoms with van der Waals surface area (Å²) in [5, 5.41) is 22.5. The second-order valence-corrected chi connectivity index (χ2v) is 6.97. The van der Waals surface area contributed by atoms with Crippen molar-refractivity contribution in [2.75, 3.05) is 18.5 Å². The minimum atomic E-state index is -0.908. The summed E-state index contributed by atoms with van der Waals surface area (Å²) in [6.45, 7) is -0.333. The largest absolute Gasteiger partial charge is 0.394 e. The van der Waals surface area contributed by atoms with E-state index in [2.05, 4.69) is 26.2 Å². The number of terminal acetylenes is 1. The van der Waals surface area contributed by atoms with Crippen LogP contribution in [-0.2, 0) is 9.47 Å². The normalized spacial score (nSPS) is 23.4. The molecule has 3 heterocycles. The molecule has 0 bridgehead atoms. The molecule has 31 heavy (non-hydrogen) atoms. The lowest BCUT2D eigenvalue weighted by atomic mass is 10.0. The Morgan fingerprint density at radius 2 is 2.13 bits per heavy atom. The Bertz CT molecular complexity index is 1100. The van der Waals surface area contributed by atoms with Gasteiger partial charge in [0.05, 0.1) is 19.0 Å². The molecule has 4 atom stereocenters. The maximum absolute atomic E-state index is 12.5. The lowest BCUT2D eigenvalue weighted by molar-refractivity contribution is -0.215. The SMILES string of the molecule is C#CCO[C@H]1CC(O)[C@@H](CO)O[C@H]1n1cnc2c(NC(=O)c3ccccc3)ncnc21. The van der Waals surface area contributed by atoms with E-state index in [1.54, 1.807) is 28.8 Å². The summed E-state index contributed by atoms with van der Waals surface area (Å²) in [7, 11) is 0. The number of carbonyl (C=O) groups excluding carboxylic acids is 1. The summed E-state index contributed by atoms with van der Waals surface area (Å²) in [5.74, 6) is 2.31. The smallest absolute Gasteiger partial charge is 0.256 e. The molecule has 0 saturated carbocycles. The lowest BCUT2D eigenvalue weighted by Gasteiger charge is -2.38. The van der Waals surface area contributed by atoms with Gasteiger partial charge in [0.15, 0.2) is 23.2 Å². The predicted molar refractivity (Wildman–Crippen MR) is 110 cm³/mol. The molecule has 0 spiro atoms. The van der Waals surface area contributed by atoms with Gasteiger partial charge in [0.25, 0.3) is 5.91 Å². The number of benzene rings is 1. The minimum Gasteiger partial charge on any atom is -0.394 e. The molecular weight excluding hydrogens is 402 g/mol. The Balaban J connectivity index is 1.65. The number of nitrogens with zero attached hydrogens (tertiary/aromatic N) is 4. The van der Waals surface area contributed by atoms with Crippen LogP contribution in [0.1, 0.15) is 23.0 Å². The molecule has 4 rings (SSSR count). The third-order valence-corrected chi connectivity index (χ3v) is 5.00. The average Bonchev–Trinajstić information content (AvgIpc) is 3.23. The molecule has 1 aromatic carbocycles. The third-order valence-electron chi connectivity index (χ3n) is 5.00. The maximum Gasteiger partial charge on any atom is 0.256 e. The number of imidazole rings is 1. The quantitative estimate of drug-likeness (QED) is 0.495. The minimum absolute atomic E-state index is 0.0288. The van der Waals surface area contributed by atoms with Crippen molar-refractivity contribution in [1.29, 1.82) is 0 Å². The van der Waals surface area contributed by atoms with Crippen molar-refractivity contribution in [2.24, 2.45) is 0 Å². The number of hydrogen-bond donors (Lipinski definition) is 3. The van der Waals surface area contributed by atoms with Crippen LogP contribution in [0.5, 0.6) is 0 Å². The van der Waals surface area contributed by atoms with Gasteiger partial charge in [-0.25, -0.2) is 15.0 Å². The zero-order valence-corrected chi connectivity index (χ0v) is 16.5. The number of nitrogens with one attached hydrogen (secondary N) is 1. The van der Waals surface area contributed by atoms with E-state index in [1.165, 1.54) is 12.7 Å². The second-order valence-electron chi connectivity index (χ2n) is 6.97. The molecule has 1 aliphatic heterocycles. The Kier molecular flexibility index (Phi) is 6.20. The van der Waals surface area contributed by atoms with Gasteiger partial charge < -0.3 is 25.0 Å². The number of amides is 1. The molecule has 0 aliphatic carbocycles. The van der Waals surface area contributed by atoms with E-state index in [0.717, 1.165) is 0 Å².